The Kier molecular flexibility index (Phi) is 3.44. The molecule has 17 heavy (non-hydrogen) atoms. The largest absolute Gasteiger partial charge is 0.324 e. The van der Waals surface area contributed by atoms with Gasteiger partial charge in [0.2, 0.25) is 0 Å². The van der Waals surface area contributed by atoms with E-state index in [-0.39, 0.29) is 0 Å². The van der Waals surface area contributed by atoms with Crippen LogP contribution in [0.5, 0.6) is 0 Å². The molecule has 0 aliphatic rings. The van der Waals surface area contributed by atoms with E-state index >= 15 is 0 Å². The van der Waals surface area contributed by atoms with Crippen molar-refractivity contribution in [3.05, 3.63) is 28.6 Å². The number of hydrogen-bond acceptors (Lipinski definition) is 4. The number of aromatic nitrogens is 5. The summed E-state index contributed by atoms with van der Waals surface area (Å²) in [5.41, 5.74) is 7.29. The molecule has 0 atom stereocenters. The van der Waals surface area contributed by atoms with E-state index in [0.29, 0.717) is 23.9 Å². The van der Waals surface area contributed by atoms with Gasteiger partial charge in [-0.3, -0.25) is 4.68 Å². The molecule has 0 aliphatic carbocycles. The fraction of sp³-hybridized carbons (Fsp3) is 0.500. The van der Waals surface area contributed by atoms with Crippen LogP contribution in [0.3, 0.4) is 0 Å². The van der Waals surface area contributed by atoms with Gasteiger partial charge in [-0.25, -0.2) is 9.67 Å². The number of nitrogens with two attached hydrogens (primary N) is 1. The van der Waals surface area contributed by atoms with Gasteiger partial charge in [-0.2, -0.15) is 10.2 Å². The Balaban J connectivity index is 2.26. The van der Waals surface area contributed by atoms with Gasteiger partial charge < -0.3 is 5.73 Å². The maximum Gasteiger partial charge on any atom is 0.164 e. The molecule has 2 rings (SSSR count). The van der Waals surface area contributed by atoms with Gasteiger partial charge in [0, 0.05) is 7.05 Å². The van der Waals surface area contributed by atoms with Gasteiger partial charge in [0.1, 0.15) is 6.33 Å². The van der Waals surface area contributed by atoms with Crippen molar-refractivity contribution in [3.63, 3.8) is 0 Å². The highest BCUT2D eigenvalue weighted by Gasteiger charge is 2.13. The van der Waals surface area contributed by atoms with Crippen LogP contribution in [0.1, 0.15) is 24.1 Å². The minimum absolute atomic E-state index is 0.340. The topological polar surface area (TPSA) is 74.5 Å². The fourth-order valence-electron chi connectivity index (χ4n) is 1.65. The highest BCUT2D eigenvalue weighted by atomic mass is 35.5. The van der Waals surface area contributed by atoms with Crippen LogP contribution >= 0.6 is 11.6 Å². The lowest BCUT2D eigenvalue weighted by Crippen LogP contribution is -2.07. The highest BCUT2D eigenvalue weighted by Crippen LogP contribution is 2.21. The summed E-state index contributed by atoms with van der Waals surface area (Å²) < 4.78 is 3.50. The number of hydrogen-bond donors (Lipinski definition) is 1. The molecule has 0 aromatic carbocycles. The zero-order valence-electron chi connectivity index (χ0n) is 9.89. The third kappa shape index (κ3) is 2.32. The molecule has 0 unspecified atom stereocenters. The minimum atomic E-state index is 0.340. The van der Waals surface area contributed by atoms with Crippen LogP contribution < -0.4 is 5.73 Å². The van der Waals surface area contributed by atoms with Gasteiger partial charge in [0.15, 0.2) is 5.82 Å². The summed E-state index contributed by atoms with van der Waals surface area (Å²) in [6.45, 7) is 2.92. The molecule has 0 radical (unpaired) electrons. The van der Waals surface area contributed by atoms with Crippen molar-refractivity contribution in [2.45, 2.75) is 26.4 Å². The summed E-state index contributed by atoms with van der Waals surface area (Å²) >= 11 is 6.25. The van der Waals surface area contributed by atoms with Crippen molar-refractivity contribution in [1.29, 1.82) is 0 Å². The second kappa shape index (κ2) is 4.85. The standard InChI is InChI=1S/C10H15ClN6/c1-3-7-10(11)8(16(2)14-7)5-17-6-13-9(4-12)15-17/h6H,3-5,12H2,1-2H3. The van der Waals surface area contributed by atoms with Gasteiger partial charge in [-0.1, -0.05) is 18.5 Å². The second-order valence-electron chi connectivity index (χ2n) is 3.75. The van der Waals surface area contributed by atoms with Gasteiger partial charge >= 0.3 is 0 Å². The van der Waals surface area contributed by atoms with Gasteiger partial charge in [-0.15, -0.1) is 0 Å². The summed E-state index contributed by atoms with van der Waals surface area (Å²) in [4.78, 5) is 4.07. The molecular formula is C10H15ClN6. The van der Waals surface area contributed by atoms with E-state index in [1.165, 1.54) is 0 Å². The van der Waals surface area contributed by atoms with Crippen LogP contribution in [0.4, 0.5) is 0 Å². The molecule has 0 amide bonds. The lowest BCUT2D eigenvalue weighted by atomic mass is 10.3. The summed E-state index contributed by atoms with van der Waals surface area (Å²) in [7, 11) is 1.88. The van der Waals surface area contributed by atoms with Gasteiger partial charge in [-0.05, 0) is 6.42 Å². The van der Waals surface area contributed by atoms with E-state index < -0.39 is 0 Å². The van der Waals surface area contributed by atoms with Crippen molar-refractivity contribution in [1.82, 2.24) is 24.5 Å². The Morgan fingerprint density at radius 3 is 2.71 bits per heavy atom. The number of rotatable bonds is 4. The number of halogens is 1. The monoisotopic (exact) mass is 254 g/mol. The zero-order valence-corrected chi connectivity index (χ0v) is 10.6. The van der Waals surface area contributed by atoms with E-state index in [1.807, 2.05) is 14.0 Å². The first-order valence-electron chi connectivity index (χ1n) is 5.44. The maximum atomic E-state index is 6.25. The molecular weight excluding hydrogens is 240 g/mol. The molecule has 2 aromatic rings. The first-order valence-corrected chi connectivity index (χ1v) is 5.82. The average Bonchev–Trinajstić information content (AvgIpc) is 2.88. The Morgan fingerprint density at radius 2 is 2.18 bits per heavy atom. The quantitative estimate of drug-likeness (QED) is 0.873. The van der Waals surface area contributed by atoms with Crippen molar-refractivity contribution in [2.75, 3.05) is 0 Å². The Bertz CT molecular complexity index is 515. The molecule has 0 spiro atoms. The molecule has 7 heteroatoms. The van der Waals surface area contributed by atoms with Crippen molar-refractivity contribution in [2.24, 2.45) is 12.8 Å². The molecule has 0 saturated heterocycles. The maximum absolute atomic E-state index is 6.25. The number of nitrogens with zero attached hydrogens (tertiary/aromatic N) is 5. The average molecular weight is 255 g/mol. The zero-order chi connectivity index (χ0) is 12.4. The molecule has 92 valence electrons. The Hall–Kier alpha value is -1.40. The highest BCUT2D eigenvalue weighted by molar-refractivity contribution is 6.31. The van der Waals surface area contributed by atoms with Crippen LogP contribution in [-0.4, -0.2) is 24.5 Å². The van der Waals surface area contributed by atoms with Crippen molar-refractivity contribution in [3.8, 4) is 0 Å². The fourth-order valence-corrected chi connectivity index (χ4v) is 2.00. The van der Waals surface area contributed by atoms with E-state index in [9.17, 15) is 0 Å². The van der Waals surface area contributed by atoms with Gasteiger partial charge in [0.05, 0.1) is 29.5 Å². The summed E-state index contributed by atoms with van der Waals surface area (Å²) in [6.07, 6.45) is 2.47. The van der Waals surface area contributed by atoms with Crippen molar-refractivity contribution < 1.29 is 0 Å². The first-order chi connectivity index (χ1) is 8.15. The van der Waals surface area contributed by atoms with E-state index in [4.69, 9.17) is 17.3 Å². The lowest BCUT2D eigenvalue weighted by molar-refractivity contribution is 0.611. The molecule has 0 bridgehead atoms. The Labute approximate surface area is 104 Å². The third-order valence-corrected chi connectivity index (χ3v) is 3.02. The first kappa shape index (κ1) is 12.1. The lowest BCUT2D eigenvalue weighted by Gasteiger charge is -2.02. The third-order valence-electron chi connectivity index (χ3n) is 2.58. The van der Waals surface area contributed by atoms with E-state index in [2.05, 4.69) is 15.2 Å². The van der Waals surface area contributed by atoms with Crippen LogP contribution in [0.15, 0.2) is 6.33 Å². The smallest absolute Gasteiger partial charge is 0.164 e. The SMILES string of the molecule is CCc1nn(C)c(Cn2cnc(CN)n2)c1Cl. The minimum Gasteiger partial charge on any atom is -0.324 e. The van der Waals surface area contributed by atoms with E-state index in [1.54, 1.807) is 15.7 Å². The number of aryl methyl sites for hydroxylation is 2. The van der Waals surface area contributed by atoms with Gasteiger partial charge in [0.25, 0.3) is 0 Å². The summed E-state index contributed by atoms with van der Waals surface area (Å²) in [5, 5.41) is 9.28. The Morgan fingerprint density at radius 1 is 1.41 bits per heavy atom. The molecule has 2 N–H and O–H groups in total. The summed E-state index contributed by atoms with van der Waals surface area (Å²) in [5.74, 6) is 0.624. The van der Waals surface area contributed by atoms with Crippen molar-refractivity contribution >= 4 is 11.6 Å². The van der Waals surface area contributed by atoms with Crippen LogP contribution in [-0.2, 0) is 26.6 Å². The normalized spacial score (nSPS) is 11.1. The van der Waals surface area contributed by atoms with E-state index in [0.717, 1.165) is 17.8 Å². The van der Waals surface area contributed by atoms with Crippen LogP contribution in [0.25, 0.3) is 0 Å². The summed E-state index contributed by atoms with van der Waals surface area (Å²) in [6, 6.07) is 0. The predicted octanol–water partition coefficient (Wildman–Crippen LogP) is 0.734. The second-order valence-corrected chi connectivity index (χ2v) is 4.12. The molecule has 2 heterocycles. The predicted molar refractivity (Wildman–Crippen MR) is 64.6 cm³/mol. The molecule has 6 nitrogen and oxygen atoms in total. The van der Waals surface area contributed by atoms with Crippen LogP contribution in [0, 0.1) is 0 Å². The molecule has 0 saturated carbocycles. The molecule has 0 aliphatic heterocycles. The van der Waals surface area contributed by atoms with Crippen LogP contribution in [0.2, 0.25) is 5.02 Å². The molecule has 0 fully saturated rings. The molecule has 2 aromatic heterocycles.